The third-order valence-corrected chi connectivity index (χ3v) is 4.86. The second-order valence-corrected chi connectivity index (χ2v) is 7.41. The lowest BCUT2D eigenvalue weighted by molar-refractivity contribution is -0.122. The van der Waals surface area contributed by atoms with Gasteiger partial charge in [0.25, 0.3) is 17.7 Å². The van der Waals surface area contributed by atoms with E-state index >= 15 is 0 Å². The summed E-state index contributed by atoms with van der Waals surface area (Å²) in [5, 5.41) is 8.20. The molecule has 0 saturated heterocycles. The highest BCUT2D eigenvalue weighted by atomic mass is 16.5. The Kier molecular flexibility index (Phi) is 6.92. The quantitative estimate of drug-likeness (QED) is 0.473. The average molecular weight is 461 g/mol. The zero-order valence-electron chi connectivity index (χ0n) is 18.4. The van der Waals surface area contributed by atoms with Crippen LogP contribution in [-0.4, -0.2) is 37.0 Å². The summed E-state index contributed by atoms with van der Waals surface area (Å²) in [4.78, 5) is 37.8. The third kappa shape index (κ3) is 5.63. The molecule has 0 unspecified atom stereocenters. The fraction of sp³-hybridized carbons (Fsp3) is 0.160. The molecule has 3 aromatic carbocycles. The van der Waals surface area contributed by atoms with Gasteiger partial charge in [-0.2, -0.15) is 0 Å². The lowest BCUT2D eigenvalue weighted by Gasteiger charge is -2.19. The number of nitrogens with one attached hydrogen (secondary N) is 3. The SMILES string of the molecule is C[C@H]1Oc2ccccc2NC(=O)COc2ccccc2NC(=O)COc2ccccc2NC1=O. The van der Waals surface area contributed by atoms with E-state index in [2.05, 4.69) is 16.0 Å². The number of carbonyl (C=O) groups excluding carboxylic acids is 3. The van der Waals surface area contributed by atoms with Gasteiger partial charge in [-0.25, -0.2) is 0 Å². The molecule has 0 saturated carbocycles. The Labute approximate surface area is 196 Å². The van der Waals surface area contributed by atoms with Crippen molar-refractivity contribution in [2.24, 2.45) is 0 Å². The molecule has 9 heteroatoms. The topological polar surface area (TPSA) is 115 Å². The van der Waals surface area contributed by atoms with Gasteiger partial charge in [-0.15, -0.1) is 0 Å². The van der Waals surface area contributed by atoms with Crippen molar-refractivity contribution in [2.45, 2.75) is 13.0 Å². The fourth-order valence-electron chi connectivity index (χ4n) is 3.20. The number of fused-ring (bicyclic) bond motifs is 3. The number of hydrogen-bond acceptors (Lipinski definition) is 6. The highest BCUT2D eigenvalue weighted by Gasteiger charge is 2.20. The van der Waals surface area contributed by atoms with Crippen LogP contribution in [-0.2, 0) is 14.4 Å². The van der Waals surface area contributed by atoms with Crippen LogP contribution in [0.15, 0.2) is 72.8 Å². The average Bonchev–Trinajstić information content (AvgIpc) is 2.83. The smallest absolute Gasteiger partial charge is 0.265 e. The maximum atomic E-state index is 12.8. The Balaban J connectivity index is 1.64. The van der Waals surface area contributed by atoms with Gasteiger partial charge in [0.15, 0.2) is 19.3 Å². The highest BCUT2D eigenvalue weighted by molar-refractivity contribution is 5.97. The van der Waals surface area contributed by atoms with Crippen LogP contribution in [0.4, 0.5) is 17.1 Å². The zero-order valence-corrected chi connectivity index (χ0v) is 18.4. The van der Waals surface area contributed by atoms with E-state index in [0.29, 0.717) is 34.3 Å². The fourth-order valence-corrected chi connectivity index (χ4v) is 3.20. The molecule has 1 heterocycles. The van der Waals surface area contributed by atoms with Crippen LogP contribution in [0.5, 0.6) is 17.2 Å². The van der Waals surface area contributed by atoms with Gasteiger partial charge in [-0.1, -0.05) is 36.4 Å². The first-order valence-corrected chi connectivity index (χ1v) is 10.6. The van der Waals surface area contributed by atoms with E-state index < -0.39 is 23.8 Å². The minimum Gasteiger partial charge on any atom is -0.482 e. The van der Waals surface area contributed by atoms with Crippen molar-refractivity contribution in [1.82, 2.24) is 0 Å². The number of carbonyl (C=O) groups is 3. The number of benzene rings is 3. The maximum absolute atomic E-state index is 12.8. The summed E-state index contributed by atoms with van der Waals surface area (Å²) >= 11 is 0. The number of amides is 3. The molecule has 0 fully saturated rings. The highest BCUT2D eigenvalue weighted by Crippen LogP contribution is 2.28. The van der Waals surface area contributed by atoms with Gasteiger partial charge < -0.3 is 30.2 Å². The van der Waals surface area contributed by atoms with E-state index in [1.807, 2.05) is 0 Å². The molecular formula is C25H23N3O6. The summed E-state index contributed by atoms with van der Waals surface area (Å²) in [5.74, 6) is -0.313. The second kappa shape index (κ2) is 10.4. The molecule has 1 aliphatic rings. The molecule has 3 aromatic rings. The van der Waals surface area contributed by atoms with Crippen molar-refractivity contribution < 1.29 is 28.6 Å². The van der Waals surface area contributed by atoms with Crippen molar-refractivity contribution in [1.29, 1.82) is 0 Å². The van der Waals surface area contributed by atoms with Crippen molar-refractivity contribution in [3.8, 4) is 17.2 Å². The molecule has 1 atom stereocenters. The van der Waals surface area contributed by atoms with E-state index in [4.69, 9.17) is 14.2 Å². The van der Waals surface area contributed by atoms with E-state index in [1.165, 1.54) is 0 Å². The van der Waals surface area contributed by atoms with Crippen molar-refractivity contribution in [2.75, 3.05) is 29.2 Å². The van der Waals surface area contributed by atoms with Crippen molar-refractivity contribution >= 4 is 34.8 Å². The van der Waals surface area contributed by atoms with Gasteiger partial charge in [-0.05, 0) is 43.3 Å². The summed E-state index contributed by atoms with van der Waals surface area (Å²) in [7, 11) is 0. The van der Waals surface area contributed by atoms with Crippen LogP contribution in [0.2, 0.25) is 0 Å². The summed E-state index contributed by atoms with van der Waals surface area (Å²) < 4.78 is 17.1. The Morgan fingerprint density at radius 1 is 0.618 bits per heavy atom. The van der Waals surface area contributed by atoms with Crippen LogP contribution in [0.25, 0.3) is 0 Å². The van der Waals surface area contributed by atoms with Gasteiger partial charge in [0.05, 0.1) is 17.1 Å². The largest absolute Gasteiger partial charge is 0.482 e. The number of hydrogen-bond donors (Lipinski definition) is 3. The Morgan fingerprint density at radius 2 is 1.03 bits per heavy atom. The van der Waals surface area contributed by atoms with Crippen LogP contribution in [0, 0.1) is 0 Å². The number of rotatable bonds is 0. The second-order valence-electron chi connectivity index (χ2n) is 7.41. The Morgan fingerprint density at radius 3 is 1.56 bits per heavy atom. The van der Waals surface area contributed by atoms with Crippen LogP contribution < -0.4 is 30.2 Å². The first-order valence-electron chi connectivity index (χ1n) is 10.6. The molecular weight excluding hydrogens is 438 g/mol. The molecule has 0 aliphatic carbocycles. The molecule has 0 aromatic heterocycles. The minimum atomic E-state index is -0.892. The first kappa shape index (κ1) is 22.7. The zero-order chi connectivity index (χ0) is 23.9. The van der Waals surface area contributed by atoms with Crippen LogP contribution in [0.3, 0.4) is 0 Å². The molecule has 1 aliphatic heterocycles. The van der Waals surface area contributed by atoms with Crippen LogP contribution in [0.1, 0.15) is 6.92 Å². The lowest BCUT2D eigenvalue weighted by atomic mass is 10.2. The van der Waals surface area contributed by atoms with E-state index in [0.717, 1.165) is 0 Å². The predicted octanol–water partition coefficient (Wildman–Crippen LogP) is 3.44. The first-order chi connectivity index (χ1) is 16.5. The standard InChI is InChI=1S/C25H23N3O6/c1-16-25(31)28-18-9-3-6-12-21(18)33-14-23(29)26-17-8-2-5-11-20(17)32-15-24(30)27-19-10-4-7-13-22(19)34-16/h2-13,16H,14-15H2,1H3,(H,26,29)(H,27,30)(H,28,31)/t16-/m1/s1. The minimum absolute atomic E-state index is 0.304. The van der Waals surface area contributed by atoms with E-state index in [9.17, 15) is 14.4 Å². The molecule has 4 rings (SSSR count). The molecule has 34 heavy (non-hydrogen) atoms. The summed E-state index contributed by atoms with van der Waals surface area (Å²) in [6, 6.07) is 20.3. The Hall–Kier alpha value is -4.53. The number of para-hydroxylation sites is 6. The molecule has 3 N–H and O–H groups in total. The maximum Gasteiger partial charge on any atom is 0.265 e. The Bertz CT molecular complexity index is 1210. The van der Waals surface area contributed by atoms with Gasteiger partial charge in [0, 0.05) is 0 Å². The molecule has 174 valence electrons. The lowest BCUT2D eigenvalue weighted by Crippen LogP contribution is -2.31. The van der Waals surface area contributed by atoms with E-state index in [-0.39, 0.29) is 13.2 Å². The molecule has 0 bridgehead atoms. The van der Waals surface area contributed by atoms with Crippen molar-refractivity contribution in [3.05, 3.63) is 72.8 Å². The van der Waals surface area contributed by atoms with Crippen molar-refractivity contribution in [3.63, 3.8) is 0 Å². The monoisotopic (exact) mass is 461 g/mol. The van der Waals surface area contributed by atoms with Crippen LogP contribution >= 0.6 is 0 Å². The normalized spacial score (nSPS) is 16.9. The van der Waals surface area contributed by atoms with Gasteiger partial charge in [-0.3, -0.25) is 14.4 Å². The van der Waals surface area contributed by atoms with Gasteiger partial charge in [0.2, 0.25) is 0 Å². The summed E-state index contributed by atoms with van der Waals surface area (Å²) in [6.07, 6.45) is -0.892. The van der Waals surface area contributed by atoms with Gasteiger partial charge >= 0.3 is 0 Å². The predicted molar refractivity (Wildman–Crippen MR) is 126 cm³/mol. The van der Waals surface area contributed by atoms with E-state index in [1.54, 1.807) is 79.7 Å². The third-order valence-electron chi connectivity index (χ3n) is 4.86. The number of ether oxygens (including phenoxy) is 3. The molecule has 0 radical (unpaired) electrons. The summed E-state index contributed by atoms with van der Waals surface area (Å²) in [6.45, 7) is 0.978. The summed E-state index contributed by atoms with van der Waals surface area (Å²) in [5.41, 5.74) is 1.17. The van der Waals surface area contributed by atoms with Gasteiger partial charge in [0.1, 0.15) is 17.2 Å². The molecule has 0 spiro atoms. The number of anilines is 3. The molecule has 9 nitrogen and oxygen atoms in total. The molecule has 3 amide bonds.